The van der Waals surface area contributed by atoms with Crippen molar-refractivity contribution in [2.45, 2.75) is 10.0 Å². The van der Waals surface area contributed by atoms with Gasteiger partial charge >= 0.3 is 6.03 Å². The zero-order valence-corrected chi connectivity index (χ0v) is 13.5. The molecule has 0 unspecified atom stereocenters. The van der Waals surface area contributed by atoms with E-state index in [2.05, 4.69) is 5.43 Å². The summed E-state index contributed by atoms with van der Waals surface area (Å²) in [5.41, 5.74) is 4.49. The van der Waals surface area contributed by atoms with Gasteiger partial charge in [-0.3, -0.25) is 4.90 Å². The van der Waals surface area contributed by atoms with Gasteiger partial charge in [-0.2, -0.15) is 9.84 Å². The van der Waals surface area contributed by atoms with E-state index in [1.165, 1.54) is 9.31 Å². The molecular formula is C10H9Cl4N3OS. The maximum atomic E-state index is 12.2. The Labute approximate surface area is 135 Å². The second-order valence-corrected chi connectivity index (χ2v) is 8.34. The first kappa shape index (κ1) is 15.4. The molecular weight excluding hydrogens is 352 g/mol. The summed E-state index contributed by atoms with van der Waals surface area (Å²) in [4.78, 5) is 13.7. The van der Waals surface area contributed by atoms with Gasteiger partial charge in [-0.05, 0) is 30.7 Å². The molecule has 1 heterocycles. The van der Waals surface area contributed by atoms with E-state index >= 15 is 0 Å². The number of halogens is 4. The molecule has 0 spiro atoms. The van der Waals surface area contributed by atoms with Crippen LogP contribution in [0.5, 0.6) is 0 Å². The summed E-state index contributed by atoms with van der Waals surface area (Å²) >= 11 is 23.6. The maximum Gasteiger partial charge on any atom is 0.350 e. The van der Waals surface area contributed by atoms with Crippen LogP contribution in [0.3, 0.4) is 0 Å². The lowest BCUT2D eigenvalue weighted by molar-refractivity contribution is 0.236. The first-order valence-electron chi connectivity index (χ1n) is 5.15. The number of nitrogens with zero attached hydrogens (tertiary/aromatic N) is 2. The number of alkyl halides is 3. The second-order valence-electron chi connectivity index (χ2n) is 3.79. The lowest BCUT2D eigenvalue weighted by Crippen LogP contribution is -2.31. The normalized spacial score (nSPS) is 16.4. The number of anilines is 1. The molecule has 0 saturated carbocycles. The van der Waals surface area contributed by atoms with Crippen LogP contribution in [0.2, 0.25) is 5.02 Å². The number of carbonyl (C=O) groups is 1. The highest BCUT2D eigenvalue weighted by atomic mass is 35.6. The molecule has 1 fully saturated rings. The third kappa shape index (κ3) is 3.74. The zero-order valence-electron chi connectivity index (χ0n) is 9.66. The SMILES string of the molecule is Cc1cc(Cl)ccc1N1CNN(SC(Cl)(Cl)Cl)C1=O. The third-order valence-corrected chi connectivity index (χ3v) is 3.95. The summed E-state index contributed by atoms with van der Waals surface area (Å²) in [5, 5.41) is 0.619. The molecule has 104 valence electrons. The molecule has 0 radical (unpaired) electrons. The van der Waals surface area contributed by atoms with Gasteiger partial charge < -0.3 is 0 Å². The van der Waals surface area contributed by atoms with Gasteiger partial charge in [0, 0.05) is 22.7 Å². The summed E-state index contributed by atoms with van der Waals surface area (Å²) in [7, 11) is 0. The molecule has 1 aromatic rings. The Morgan fingerprint density at radius 1 is 1.37 bits per heavy atom. The maximum absolute atomic E-state index is 12.2. The molecule has 0 atom stereocenters. The molecule has 2 amide bonds. The number of hydrazine groups is 1. The van der Waals surface area contributed by atoms with Crippen molar-refractivity contribution >= 4 is 70.1 Å². The molecule has 1 aliphatic rings. The first-order chi connectivity index (χ1) is 8.78. The Morgan fingerprint density at radius 2 is 2.05 bits per heavy atom. The van der Waals surface area contributed by atoms with E-state index in [1.54, 1.807) is 18.2 Å². The number of rotatable bonds is 2. The molecule has 9 heteroatoms. The van der Waals surface area contributed by atoms with Crippen molar-refractivity contribution < 1.29 is 4.79 Å². The van der Waals surface area contributed by atoms with Crippen LogP contribution in [-0.4, -0.2) is 20.2 Å². The highest BCUT2D eigenvalue weighted by Gasteiger charge is 2.36. The van der Waals surface area contributed by atoms with Crippen LogP contribution in [0.4, 0.5) is 10.5 Å². The number of urea groups is 1. The van der Waals surface area contributed by atoms with Crippen molar-refractivity contribution in [3.8, 4) is 0 Å². The molecule has 1 N–H and O–H groups in total. The number of nitrogens with one attached hydrogen (secondary N) is 1. The monoisotopic (exact) mass is 359 g/mol. The molecule has 1 aliphatic heterocycles. The lowest BCUT2D eigenvalue weighted by atomic mass is 10.2. The first-order valence-corrected chi connectivity index (χ1v) is 7.43. The average molecular weight is 361 g/mol. The van der Waals surface area contributed by atoms with Gasteiger partial charge in [-0.1, -0.05) is 46.4 Å². The van der Waals surface area contributed by atoms with Crippen molar-refractivity contribution in [3.63, 3.8) is 0 Å². The average Bonchev–Trinajstić information content (AvgIpc) is 2.59. The van der Waals surface area contributed by atoms with Gasteiger partial charge in [-0.25, -0.2) is 4.79 Å². The summed E-state index contributed by atoms with van der Waals surface area (Å²) < 4.78 is -0.408. The van der Waals surface area contributed by atoms with Crippen molar-refractivity contribution in [2.24, 2.45) is 0 Å². The largest absolute Gasteiger partial charge is 0.350 e. The Kier molecular flexibility index (Phi) is 4.65. The van der Waals surface area contributed by atoms with E-state index in [-0.39, 0.29) is 6.03 Å². The van der Waals surface area contributed by atoms with Gasteiger partial charge in [0.1, 0.15) is 0 Å². The fourth-order valence-corrected chi connectivity index (χ4v) is 3.02. The van der Waals surface area contributed by atoms with Crippen molar-refractivity contribution in [1.82, 2.24) is 9.84 Å². The number of carbonyl (C=O) groups excluding carboxylic acids is 1. The van der Waals surface area contributed by atoms with E-state index in [1.807, 2.05) is 6.92 Å². The second kappa shape index (κ2) is 5.76. The molecule has 0 bridgehead atoms. The minimum atomic E-state index is -1.60. The van der Waals surface area contributed by atoms with Crippen LogP contribution in [0.25, 0.3) is 0 Å². The zero-order chi connectivity index (χ0) is 14.2. The van der Waals surface area contributed by atoms with Crippen molar-refractivity contribution in [2.75, 3.05) is 11.6 Å². The summed E-state index contributed by atoms with van der Waals surface area (Å²) in [6.07, 6.45) is 0. The van der Waals surface area contributed by atoms with Crippen LogP contribution in [0.15, 0.2) is 18.2 Å². The van der Waals surface area contributed by atoms with Gasteiger partial charge in [0.15, 0.2) is 0 Å². The molecule has 4 nitrogen and oxygen atoms in total. The quantitative estimate of drug-likeness (QED) is 0.629. The van der Waals surface area contributed by atoms with Crippen LogP contribution in [0.1, 0.15) is 5.56 Å². The topological polar surface area (TPSA) is 35.6 Å². The van der Waals surface area contributed by atoms with Crippen LogP contribution in [-0.2, 0) is 0 Å². The molecule has 1 aromatic carbocycles. The van der Waals surface area contributed by atoms with E-state index in [4.69, 9.17) is 46.4 Å². The van der Waals surface area contributed by atoms with Gasteiger partial charge in [0.05, 0.1) is 6.67 Å². The van der Waals surface area contributed by atoms with Crippen LogP contribution in [0, 0.1) is 6.92 Å². The summed E-state index contributed by atoms with van der Waals surface area (Å²) in [6, 6.07) is 4.99. The molecule has 1 saturated heterocycles. The predicted molar refractivity (Wildman–Crippen MR) is 81.8 cm³/mol. The molecule has 0 aromatic heterocycles. The number of benzene rings is 1. The van der Waals surface area contributed by atoms with E-state index in [0.29, 0.717) is 11.7 Å². The Morgan fingerprint density at radius 3 is 2.63 bits per heavy atom. The van der Waals surface area contributed by atoms with E-state index in [9.17, 15) is 4.79 Å². The fraction of sp³-hybridized carbons (Fsp3) is 0.300. The highest BCUT2D eigenvalue weighted by Crippen LogP contribution is 2.41. The Balaban J connectivity index is 2.18. The van der Waals surface area contributed by atoms with Crippen LogP contribution >= 0.6 is 58.4 Å². The number of hydrogen-bond acceptors (Lipinski definition) is 3. The fourth-order valence-electron chi connectivity index (χ4n) is 1.66. The van der Waals surface area contributed by atoms with E-state index < -0.39 is 3.12 Å². The smallest absolute Gasteiger partial charge is 0.277 e. The molecule has 0 aliphatic carbocycles. The van der Waals surface area contributed by atoms with Gasteiger partial charge in [0.2, 0.25) is 0 Å². The third-order valence-electron chi connectivity index (χ3n) is 2.42. The molecule has 19 heavy (non-hydrogen) atoms. The van der Waals surface area contributed by atoms with Crippen LogP contribution < -0.4 is 10.3 Å². The van der Waals surface area contributed by atoms with Crippen molar-refractivity contribution in [1.29, 1.82) is 0 Å². The predicted octanol–water partition coefficient (Wildman–Crippen LogP) is 4.33. The van der Waals surface area contributed by atoms with Gasteiger partial charge in [0.25, 0.3) is 3.12 Å². The Bertz CT molecular complexity index is 508. The number of hydrogen-bond donors (Lipinski definition) is 1. The van der Waals surface area contributed by atoms with Gasteiger partial charge in [-0.15, -0.1) is 0 Å². The van der Waals surface area contributed by atoms with E-state index in [0.717, 1.165) is 23.2 Å². The van der Waals surface area contributed by atoms with Crippen molar-refractivity contribution in [3.05, 3.63) is 28.8 Å². The Hall–Kier alpha value is -0.0400. The molecule has 2 rings (SSSR count). The minimum absolute atomic E-state index is 0.301. The number of aryl methyl sites for hydroxylation is 1. The standard InChI is InChI=1S/C10H9Cl4N3OS/c1-6-4-7(11)2-3-8(6)16-5-15-17(9(16)18)19-10(12,13)14/h2-4,15H,5H2,1H3. The number of amides is 2. The summed E-state index contributed by atoms with van der Waals surface area (Å²) in [6.45, 7) is 2.17. The summed E-state index contributed by atoms with van der Waals surface area (Å²) in [5.74, 6) is 0. The highest BCUT2D eigenvalue weighted by molar-refractivity contribution is 8.03. The lowest BCUT2D eigenvalue weighted by Gasteiger charge is -2.20. The minimum Gasteiger partial charge on any atom is -0.277 e.